The van der Waals surface area contributed by atoms with Crippen molar-refractivity contribution in [3.63, 3.8) is 0 Å². The van der Waals surface area contributed by atoms with Crippen molar-refractivity contribution in [3.8, 4) is 11.5 Å². The summed E-state index contributed by atoms with van der Waals surface area (Å²) in [5, 5.41) is 3.45. The summed E-state index contributed by atoms with van der Waals surface area (Å²) < 4.78 is 12.2. The standard InChI is InChI=1S/C21H27BrN2O3.ClH/c1-4-26-19-13-17(14-23-11-10-16-8-6-5-7-9-16)12-18(22)21(19)27-15-20(25)24(2)3;/h5-9,12-13,23H,4,10-11,14-15H2,1-3H3;1H. The molecular formula is C21H28BrClN2O3. The van der Waals surface area contributed by atoms with Crippen molar-refractivity contribution in [2.45, 2.75) is 19.9 Å². The molecule has 1 amide bonds. The Bertz CT molecular complexity index is 742. The number of halogens is 2. The third-order valence-electron chi connectivity index (χ3n) is 3.97. The summed E-state index contributed by atoms with van der Waals surface area (Å²) in [6.07, 6.45) is 0.980. The highest BCUT2D eigenvalue weighted by atomic mass is 79.9. The molecule has 0 saturated heterocycles. The number of amides is 1. The molecular weight excluding hydrogens is 444 g/mol. The van der Waals surface area contributed by atoms with Crippen LogP contribution in [0, 0.1) is 0 Å². The van der Waals surface area contributed by atoms with Crippen LogP contribution in [0.4, 0.5) is 0 Å². The lowest BCUT2D eigenvalue weighted by Crippen LogP contribution is -2.27. The normalized spacial score (nSPS) is 10.1. The number of carbonyl (C=O) groups excluding carboxylic acids is 1. The molecule has 1 N–H and O–H groups in total. The summed E-state index contributed by atoms with van der Waals surface area (Å²) in [6, 6.07) is 14.4. The summed E-state index contributed by atoms with van der Waals surface area (Å²) in [5.74, 6) is 1.09. The quantitative estimate of drug-likeness (QED) is 0.531. The van der Waals surface area contributed by atoms with Crippen molar-refractivity contribution >= 4 is 34.2 Å². The van der Waals surface area contributed by atoms with E-state index in [2.05, 4.69) is 45.5 Å². The predicted molar refractivity (Wildman–Crippen MR) is 119 cm³/mol. The Morgan fingerprint density at radius 2 is 1.82 bits per heavy atom. The highest BCUT2D eigenvalue weighted by molar-refractivity contribution is 9.10. The highest BCUT2D eigenvalue weighted by Gasteiger charge is 2.14. The Labute approximate surface area is 181 Å². The molecule has 0 heterocycles. The largest absolute Gasteiger partial charge is 0.490 e. The summed E-state index contributed by atoms with van der Waals surface area (Å²) in [4.78, 5) is 13.3. The molecule has 0 unspecified atom stereocenters. The summed E-state index contributed by atoms with van der Waals surface area (Å²) >= 11 is 3.54. The lowest BCUT2D eigenvalue weighted by molar-refractivity contribution is -0.130. The number of hydrogen-bond acceptors (Lipinski definition) is 4. The second-order valence-electron chi connectivity index (χ2n) is 6.33. The van der Waals surface area contributed by atoms with E-state index in [4.69, 9.17) is 9.47 Å². The van der Waals surface area contributed by atoms with Gasteiger partial charge < -0.3 is 19.7 Å². The third kappa shape index (κ3) is 7.70. The molecule has 0 bridgehead atoms. The van der Waals surface area contributed by atoms with Gasteiger partial charge in [0, 0.05) is 20.6 Å². The van der Waals surface area contributed by atoms with Crippen LogP contribution in [0.1, 0.15) is 18.1 Å². The van der Waals surface area contributed by atoms with Gasteiger partial charge in [0.05, 0.1) is 11.1 Å². The number of benzene rings is 2. The molecule has 0 fully saturated rings. The van der Waals surface area contributed by atoms with Crippen molar-refractivity contribution < 1.29 is 14.3 Å². The van der Waals surface area contributed by atoms with Gasteiger partial charge >= 0.3 is 0 Å². The molecule has 2 aromatic rings. The number of hydrogen-bond donors (Lipinski definition) is 1. The summed E-state index contributed by atoms with van der Waals surface area (Å²) in [7, 11) is 3.41. The van der Waals surface area contributed by atoms with Crippen molar-refractivity contribution in [1.82, 2.24) is 10.2 Å². The van der Waals surface area contributed by atoms with Crippen LogP contribution in [0.3, 0.4) is 0 Å². The number of ether oxygens (including phenoxy) is 2. The summed E-state index contributed by atoms with van der Waals surface area (Å²) in [5.41, 5.74) is 2.40. The van der Waals surface area contributed by atoms with Crippen LogP contribution < -0.4 is 14.8 Å². The molecule has 0 saturated carbocycles. The van der Waals surface area contributed by atoms with Gasteiger partial charge in [-0.05, 0) is 59.1 Å². The molecule has 2 aromatic carbocycles. The lowest BCUT2D eigenvalue weighted by Gasteiger charge is -2.17. The second-order valence-corrected chi connectivity index (χ2v) is 7.18. The van der Waals surface area contributed by atoms with Gasteiger partial charge in [-0.15, -0.1) is 12.4 Å². The number of likely N-dealkylation sites (N-methyl/N-ethyl adjacent to an activating group) is 1. The Morgan fingerprint density at radius 3 is 2.46 bits per heavy atom. The minimum absolute atomic E-state index is 0. The molecule has 154 valence electrons. The van der Waals surface area contributed by atoms with Gasteiger partial charge in [0.2, 0.25) is 0 Å². The fourth-order valence-electron chi connectivity index (χ4n) is 2.50. The van der Waals surface area contributed by atoms with E-state index in [0.29, 0.717) is 18.1 Å². The molecule has 0 aliphatic heterocycles. The molecule has 2 rings (SSSR count). The Balaban J connectivity index is 0.00000392. The first kappa shape index (κ1) is 24.3. The van der Waals surface area contributed by atoms with Crippen LogP contribution in [-0.2, 0) is 17.8 Å². The molecule has 28 heavy (non-hydrogen) atoms. The number of nitrogens with one attached hydrogen (secondary N) is 1. The van der Waals surface area contributed by atoms with Gasteiger partial charge in [-0.25, -0.2) is 0 Å². The van der Waals surface area contributed by atoms with Gasteiger partial charge in [-0.2, -0.15) is 0 Å². The smallest absolute Gasteiger partial charge is 0.259 e. The van der Waals surface area contributed by atoms with Gasteiger partial charge in [0.1, 0.15) is 0 Å². The first-order valence-corrected chi connectivity index (χ1v) is 9.83. The molecule has 0 aliphatic rings. The van der Waals surface area contributed by atoms with E-state index in [0.717, 1.165) is 29.5 Å². The van der Waals surface area contributed by atoms with Crippen molar-refractivity contribution in [1.29, 1.82) is 0 Å². The number of nitrogens with zero attached hydrogens (tertiary/aromatic N) is 1. The molecule has 0 atom stereocenters. The predicted octanol–water partition coefficient (Wildman–Crippen LogP) is 4.07. The second kappa shape index (κ2) is 12.6. The van der Waals surface area contributed by atoms with Crippen LogP contribution in [0.15, 0.2) is 46.9 Å². The van der Waals surface area contributed by atoms with Gasteiger partial charge in [-0.3, -0.25) is 4.79 Å². The first-order valence-electron chi connectivity index (χ1n) is 9.04. The molecule has 0 aliphatic carbocycles. The van der Waals surface area contributed by atoms with E-state index in [1.165, 1.54) is 10.5 Å². The Kier molecular flexibility index (Phi) is 11.0. The molecule has 0 spiro atoms. The van der Waals surface area contributed by atoms with Crippen molar-refractivity contribution in [3.05, 3.63) is 58.1 Å². The zero-order valence-corrected chi connectivity index (χ0v) is 18.9. The van der Waals surface area contributed by atoms with Crippen LogP contribution >= 0.6 is 28.3 Å². The average Bonchev–Trinajstić information content (AvgIpc) is 2.65. The zero-order valence-electron chi connectivity index (χ0n) is 16.5. The van der Waals surface area contributed by atoms with Crippen molar-refractivity contribution in [2.24, 2.45) is 0 Å². The maximum absolute atomic E-state index is 11.8. The Hall–Kier alpha value is -1.76. The van der Waals surface area contributed by atoms with E-state index < -0.39 is 0 Å². The van der Waals surface area contributed by atoms with Crippen molar-refractivity contribution in [2.75, 3.05) is 33.9 Å². The van der Waals surface area contributed by atoms with Crippen LogP contribution in [-0.4, -0.2) is 44.7 Å². The van der Waals surface area contributed by atoms with Crippen LogP contribution in [0.25, 0.3) is 0 Å². The Morgan fingerprint density at radius 1 is 1.11 bits per heavy atom. The first-order chi connectivity index (χ1) is 13.0. The van der Waals surface area contributed by atoms with E-state index in [1.807, 2.05) is 25.1 Å². The van der Waals surface area contributed by atoms with Crippen LogP contribution in [0.5, 0.6) is 11.5 Å². The minimum atomic E-state index is -0.101. The topological polar surface area (TPSA) is 50.8 Å². The highest BCUT2D eigenvalue weighted by Crippen LogP contribution is 2.37. The summed E-state index contributed by atoms with van der Waals surface area (Å²) in [6.45, 7) is 4.03. The maximum Gasteiger partial charge on any atom is 0.259 e. The third-order valence-corrected chi connectivity index (χ3v) is 4.56. The van der Waals surface area contributed by atoms with E-state index in [9.17, 15) is 4.79 Å². The number of carbonyl (C=O) groups is 1. The van der Waals surface area contributed by atoms with Gasteiger partial charge in [0.25, 0.3) is 5.91 Å². The molecule has 5 nitrogen and oxygen atoms in total. The molecule has 7 heteroatoms. The fourth-order valence-corrected chi connectivity index (χ4v) is 3.10. The maximum atomic E-state index is 11.8. The lowest BCUT2D eigenvalue weighted by atomic mass is 10.1. The van der Waals surface area contributed by atoms with E-state index >= 15 is 0 Å². The average molecular weight is 472 g/mol. The molecule has 0 radical (unpaired) electrons. The minimum Gasteiger partial charge on any atom is -0.490 e. The zero-order chi connectivity index (χ0) is 19.6. The van der Waals surface area contributed by atoms with Gasteiger partial charge in [0.15, 0.2) is 18.1 Å². The molecule has 0 aromatic heterocycles. The van der Waals surface area contributed by atoms with E-state index in [-0.39, 0.29) is 24.9 Å². The van der Waals surface area contributed by atoms with Crippen LogP contribution in [0.2, 0.25) is 0 Å². The monoisotopic (exact) mass is 470 g/mol. The van der Waals surface area contributed by atoms with E-state index in [1.54, 1.807) is 14.1 Å². The van der Waals surface area contributed by atoms with Gasteiger partial charge in [-0.1, -0.05) is 30.3 Å². The fraction of sp³-hybridized carbons (Fsp3) is 0.381. The number of rotatable bonds is 10. The SMILES string of the molecule is CCOc1cc(CNCCc2ccccc2)cc(Br)c1OCC(=O)N(C)C.Cl.